The number of nitriles is 1. The highest BCUT2D eigenvalue weighted by molar-refractivity contribution is 5.45. The van der Waals surface area contributed by atoms with Crippen molar-refractivity contribution in [3.05, 3.63) is 54.0 Å². The minimum Gasteiger partial charge on any atom is -0.467 e. The van der Waals surface area contributed by atoms with Gasteiger partial charge in [-0.3, -0.25) is 0 Å². The Morgan fingerprint density at radius 3 is 2.62 bits per heavy atom. The highest BCUT2D eigenvalue weighted by Gasteiger charge is 1.96. The van der Waals surface area contributed by atoms with Gasteiger partial charge in [0.05, 0.1) is 25.3 Å². The van der Waals surface area contributed by atoms with Crippen LogP contribution in [-0.2, 0) is 13.0 Å². The molecule has 0 saturated carbocycles. The Kier molecular flexibility index (Phi) is 3.25. The molecule has 2 aromatic rings. The number of nitrogens with zero attached hydrogens (tertiary/aromatic N) is 1. The summed E-state index contributed by atoms with van der Waals surface area (Å²) in [5.41, 5.74) is 2.06. The van der Waals surface area contributed by atoms with E-state index >= 15 is 0 Å². The van der Waals surface area contributed by atoms with E-state index in [1.54, 1.807) is 6.26 Å². The summed E-state index contributed by atoms with van der Waals surface area (Å²) >= 11 is 0. The molecule has 0 spiro atoms. The SMILES string of the molecule is N#CCc1ccc(NCc2ccco2)cc1. The summed E-state index contributed by atoms with van der Waals surface area (Å²) in [4.78, 5) is 0. The largest absolute Gasteiger partial charge is 0.467 e. The zero-order valence-electron chi connectivity index (χ0n) is 8.81. The molecule has 0 radical (unpaired) electrons. The maximum Gasteiger partial charge on any atom is 0.122 e. The highest BCUT2D eigenvalue weighted by atomic mass is 16.3. The van der Waals surface area contributed by atoms with Crippen LogP contribution in [0.2, 0.25) is 0 Å². The van der Waals surface area contributed by atoms with Crippen LogP contribution in [0, 0.1) is 11.3 Å². The van der Waals surface area contributed by atoms with Crippen molar-refractivity contribution in [3.8, 4) is 6.07 Å². The molecule has 0 amide bonds. The molecule has 0 aliphatic heterocycles. The normalized spacial score (nSPS) is 9.69. The number of hydrogen-bond acceptors (Lipinski definition) is 3. The fourth-order valence-corrected chi connectivity index (χ4v) is 1.43. The monoisotopic (exact) mass is 212 g/mol. The van der Waals surface area contributed by atoms with E-state index in [4.69, 9.17) is 9.68 Å². The highest BCUT2D eigenvalue weighted by Crippen LogP contribution is 2.11. The molecule has 0 bridgehead atoms. The van der Waals surface area contributed by atoms with Crippen LogP contribution in [0.4, 0.5) is 5.69 Å². The van der Waals surface area contributed by atoms with E-state index in [1.165, 1.54) is 0 Å². The van der Waals surface area contributed by atoms with Crippen LogP contribution >= 0.6 is 0 Å². The van der Waals surface area contributed by atoms with Crippen molar-refractivity contribution in [1.82, 2.24) is 0 Å². The number of nitrogens with one attached hydrogen (secondary N) is 1. The summed E-state index contributed by atoms with van der Waals surface area (Å²) < 4.78 is 5.21. The Balaban J connectivity index is 1.93. The van der Waals surface area contributed by atoms with Crippen LogP contribution in [0.3, 0.4) is 0 Å². The summed E-state index contributed by atoms with van der Waals surface area (Å²) in [6, 6.07) is 13.8. The quantitative estimate of drug-likeness (QED) is 0.847. The molecule has 1 N–H and O–H groups in total. The summed E-state index contributed by atoms with van der Waals surface area (Å²) in [7, 11) is 0. The van der Waals surface area contributed by atoms with Crippen molar-refractivity contribution in [1.29, 1.82) is 5.26 Å². The molecular formula is C13H12N2O. The Labute approximate surface area is 94.3 Å². The summed E-state index contributed by atoms with van der Waals surface area (Å²) in [5, 5.41) is 11.8. The molecular weight excluding hydrogens is 200 g/mol. The van der Waals surface area contributed by atoms with Gasteiger partial charge < -0.3 is 9.73 Å². The Bertz CT molecular complexity index is 466. The standard InChI is InChI=1S/C13H12N2O/c14-8-7-11-3-5-12(6-4-11)15-10-13-2-1-9-16-13/h1-6,9,15H,7,10H2. The lowest BCUT2D eigenvalue weighted by Gasteiger charge is -2.04. The van der Waals surface area contributed by atoms with Crippen molar-refractivity contribution >= 4 is 5.69 Å². The van der Waals surface area contributed by atoms with Crippen LogP contribution in [0.5, 0.6) is 0 Å². The van der Waals surface area contributed by atoms with E-state index < -0.39 is 0 Å². The smallest absolute Gasteiger partial charge is 0.122 e. The Hall–Kier alpha value is -2.21. The second kappa shape index (κ2) is 5.04. The first-order valence-corrected chi connectivity index (χ1v) is 5.10. The van der Waals surface area contributed by atoms with Gasteiger partial charge in [0.25, 0.3) is 0 Å². The zero-order chi connectivity index (χ0) is 11.2. The van der Waals surface area contributed by atoms with Crippen LogP contribution in [0.1, 0.15) is 11.3 Å². The minimum absolute atomic E-state index is 0.457. The third kappa shape index (κ3) is 2.64. The van der Waals surface area contributed by atoms with Gasteiger partial charge in [-0.15, -0.1) is 0 Å². The van der Waals surface area contributed by atoms with Crippen LogP contribution in [0.15, 0.2) is 47.1 Å². The van der Waals surface area contributed by atoms with E-state index in [0.29, 0.717) is 13.0 Å². The van der Waals surface area contributed by atoms with Crippen molar-refractivity contribution in [2.75, 3.05) is 5.32 Å². The zero-order valence-corrected chi connectivity index (χ0v) is 8.81. The van der Waals surface area contributed by atoms with Crippen molar-refractivity contribution < 1.29 is 4.42 Å². The number of rotatable bonds is 4. The van der Waals surface area contributed by atoms with Gasteiger partial charge in [-0.1, -0.05) is 12.1 Å². The molecule has 0 fully saturated rings. The minimum atomic E-state index is 0.457. The van der Waals surface area contributed by atoms with Crippen molar-refractivity contribution in [2.24, 2.45) is 0 Å². The molecule has 0 saturated heterocycles. The van der Waals surface area contributed by atoms with Crippen LogP contribution < -0.4 is 5.32 Å². The van der Waals surface area contributed by atoms with Gasteiger partial charge in [0.1, 0.15) is 5.76 Å². The van der Waals surface area contributed by atoms with E-state index in [-0.39, 0.29) is 0 Å². The molecule has 0 aliphatic rings. The first-order chi connectivity index (χ1) is 7.88. The molecule has 0 aliphatic carbocycles. The lowest BCUT2D eigenvalue weighted by atomic mass is 10.1. The maximum absolute atomic E-state index is 8.54. The number of anilines is 1. The topological polar surface area (TPSA) is 49.0 Å². The average molecular weight is 212 g/mol. The lowest BCUT2D eigenvalue weighted by molar-refractivity contribution is 0.518. The molecule has 0 atom stereocenters. The number of hydrogen-bond donors (Lipinski definition) is 1. The Morgan fingerprint density at radius 1 is 1.19 bits per heavy atom. The van der Waals surface area contributed by atoms with Gasteiger partial charge in [-0.2, -0.15) is 5.26 Å². The summed E-state index contributed by atoms with van der Waals surface area (Å²) in [5.74, 6) is 0.904. The first-order valence-electron chi connectivity index (χ1n) is 5.10. The van der Waals surface area contributed by atoms with Crippen molar-refractivity contribution in [3.63, 3.8) is 0 Å². The first kappa shape index (κ1) is 10.3. The van der Waals surface area contributed by atoms with E-state index in [2.05, 4.69) is 11.4 Å². The predicted octanol–water partition coefficient (Wildman–Crippen LogP) is 2.96. The van der Waals surface area contributed by atoms with Gasteiger partial charge in [0.15, 0.2) is 0 Å². The molecule has 2 rings (SSSR count). The molecule has 3 heteroatoms. The second-order valence-corrected chi connectivity index (χ2v) is 3.46. The van der Waals surface area contributed by atoms with Gasteiger partial charge >= 0.3 is 0 Å². The van der Waals surface area contributed by atoms with E-state index in [1.807, 2.05) is 36.4 Å². The third-order valence-corrected chi connectivity index (χ3v) is 2.28. The average Bonchev–Trinajstić information content (AvgIpc) is 2.82. The molecule has 3 nitrogen and oxygen atoms in total. The third-order valence-electron chi connectivity index (χ3n) is 2.28. The maximum atomic E-state index is 8.54. The van der Waals surface area contributed by atoms with E-state index in [9.17, 15) is 0 Å². The van der Waals surface area contributed by atoms with Gasteiger partial charge in [-0.05, 0) is 29.8 Å². The van der Waals surface area contributed by atoms with Crippen LogP contribution in [0.25, 0.3) is 0 Å². The van der Waals surface area contributed by atoms with Gasteiger partial charge in [0.2, 0.25) is 0 Å². The molecule has 80 valence electrons. The molecule has 1 aromatic carbocycles. The fraction of sp³-hybridized carbons (Fsp3) is 0.154. The summed E-state index contributed by atoms with van der Waals surface area (Å²) in [6.45, 7) is 0.671. The molecule has 1 aromatic heterocycles. The van der Waals surface area contributed by atoms with Gasteiger partial charge in [0, 0.05) is 5.69 Å². The molecule has 1 heterocycles. The molecule has 16 heavy (non-hydrogen) atoms. The van der Waals surface area contributed by atoms with Gasteiger partial charge in [-0.25, -0.2) is 0 Å². The van der Waals surface area contributed by atoms with E-state index in [0.717, 1.165) is 17.0 Å². The van der Waals surface area contributed by atoms with Crippen molar-refractivity contribution in [2.45, 2.75) is 13.0 Å². The summed E-state index contributed by atoms with van der Waals surface area (Å²) in [6.07, 6.45) is 2.12. The Morgan fingerprint density at radius 2 is 2.00 bits per heavy atom. The van der Waals surface area contributed by atoms with Crippen LogP contribution in [-0.4, -0.2) is 0 Å². The lowest BCUT2D eigenvalue weighted by Crippen LogP contribution is -1.97. The number of furan rings is 1. The predicted molar refractivity (Wildman–Crippen MR) is 61.8 cm³/mol. The number of benzene rings is 1. The molecule has 0 unspecified atom stereocenters. The fourth-order valence-electron chi connectivity index (χ4n) is 1.43. The second-order valence-electron chi connectivity index (χ2n) is 3.46.